The number of nitro benzene ring substituents is 1. The largest absolute Gasteiger partial charge is 0.508 e. The van der Waals surface area contributed by atoms with E-state index in [2.05, 4.69) is 0 Å². The van der Waals surface area contributed by atoms with E-state index >= 15 is 0 Å². The maximum Gasteiger partial charge on any atom is 0.282 e. The van der Waals surface area contributed by atoms with Crippen LogP contribution >= 0.6 is 0 Å². The Morgan fingerprint density at radius 3 is 2.76 bits per heavy atom. The summed E-state index contributed by atoms with van der Waals surface area (Å²) in [6.07, 6.45) is 1.63. The van der Waals surface area contributed by atoms with Gasteiger partial charge in [0.1, 0.15) is 11.3 Å². The highest BCUT2D eigenvalue weighted by Gasteiger charge is 2.30. The van der Waals surface area contributed by atoms with Crippen molar-refractivity contribution in [2.24, 2.45) is 0 Å². The number of hydrogen-bond acceptors (Lipinski definition) is 5. The minimum absolute atomic E-state index is 0.124. The van der Waals surface area contributed by atoms with E-state index < -0.39 is 16.4 Å². The molecular weight excluding hydrogens is 276 g/mol. The van der Waals surface area contributed by atoms with E-state index in [1.54, 1.807) is 6.92 Å². The van der Waals surface area contributed by atoms with Gasteiger partial charge < -0.3 is 15.1 Å². The fourth-order valence-corrected chi connectivity index (χ4v) is 2.49. The van der Waals surface area contributed by atoms with Gasteiger partial charge in [0, 0.05) is 19.2 Å². The van der Waals surface area contributed by atoms with Crippen molar-refractivity contribution >= 4 is 11.6 Å². The summed E-state index contributed by atoms with van der Waals surface area (Å²) in [5, 5.41) is 30.5. The predicted octanol–water partition coefficient (Wildman–Crippen LogP) is 1.68. The lowest BCUT2D eigenvalue weighted by atomic mass is 9.98. The van der Waals surface area contributed by atoms with Crippen LogP contribution in [0.1, 0.15) is 36.5 Å². The number of carbonyl (C=O) groups is 1. The molecule has 1 saturated heterocycles. The van der Waals surface area contributed by atoms with Crippen LogP contribution in [0.4, 0.5) is 5.69 Å². The number of aliphatic hydroxyl groups is 1. The first-order valence-electron chi connectivity index (χ1n) is 6.79. The van der Waals surface area contributed by atoms with Crippen LogP contribution in [0.25, 0.3) is 0 Å². The van der Waals surface area contributed by atoms with Gasteiger partial charge in [0.15, 0.2) is 0 Å². The van der Waals surface area contributed by atoms with E-state index in [9.17, 15) is 25.1 Å². The second-order valence-electron chi connectivity index (χ2n) is 5.60. The number of nitrogens with zero attached hydrogens (tertiary/aromatic N) is 2. The molecule has 21 heavy (non-hydrogen) atoms. The van der Waals surface area contributed by atoms with Crippen LogP contribution in [0.15, 0.2) is 18.2 Å². The molecule has 0 radical (unpaired) electrons. The van der Waals surface area contributed by atoms with Crippen molar-refractivity contribution in [3.8, 4) is 5.75 Å². The van der Waals surface area contributed by atoms with Crippen LogP contribution in [-0.2, 0) is 0 Å². The summed E-state index contributed by atoms with van der Waals surface area (Å²) in [4.78, 5) is 24.3. The number of aromatic hydroxyl groups is 1. The minimum Gasteiger partial charge on any atom is -0.508 e. The fraction of sp³-hybridized carbons (Fsp3) is 0.500. The predicted molar refractivity (Wildman–Crippen MR) is 75.1 cm³/mol. The summed E-state index contributed by atoms with van der Waals surface area (Å²) in [6, 6.07) is 3.42. The SMILES string of the molecule is CC1(O)CCCN(C(=O)c2cc(O)ccc2[N+](=O)[O-])CC1. The average molecular weight is 294 g/mol. The molecule has 0 saturated carbocycles. The molecule has 2 N–H and O–H groups in total. The van der Waals surface area contributed by atoms with Crippen molar-refractivity contribution < 1.29 is 19.9 Å². The number of amides is 1. The van der Waals surface area contributed by atoms with E-state index in [0.717, 1.165) is 12.1 Å². The number of hydrogen-bond donors (Lipinski definition) is 2. The smallest absolute Gasteiger partial charge is 0.282 e. The van der Waals surface area contributed by atoms with E-state index in [4.69, 9.17) is 0 Å². The number of likely N-dealkylation sites (tertiary alicyclic amines) is 1. The molecule has 1 amide bonds. The second kappa shape index (κ2) is 5.69. The van der Waals surface area contributed by atoms with E-state index in [1.807, 2.05) is 0 Å². The van der Waals surface area contributed by atoms with Gasteiger partial charge in [-0.05, 0) is 38.3 Å². The highest BCUT2D eigenvalue weighted by Crippen LogP contribution is 2.27. The normalized spacial score (nSPS) is 22.7. The first-order valence-corrected chi connectivity index (χ1v) is 6.79. The molecule has 1 atom stereocenters. The third-order valence-electron chi connectivity index (χ3n) is 3.76. The highest BCUT2D eigenvalue weighted by atomic mass is 16.6. The van der Waals surface area contributed by atoms with Crippen LogP contribution in [0, 0.1) is 10.1 Å². The molecule has 1 aromatic rings. The standard InChI is InChI=1S/C14H18N2O5/c1-14(19)5-2-7-15(8-6-14)13(18)11-9-10(17)3-4-12(11)16(20)21/h3-4,9,17,19H,2,5-8H2,1H3. The zero-order valence-electron chi connectivity index (χ0n) is 11.8. The molecule has 7 heteroatoms. The van der Waals surface area contributed by atoms with Crippen LogP contribution in [-0.4, -0.2) is 44.6 Å². The Bertz CT molecular complexity index is 570. The van der Waals surface area contributed by atoms with Crippen LogP contribution in [0.5, 0.6) is 5.75 Å². The summed E-state index contributed by atoms with van der Waals surface area (Å²) < 4.78 is 0. The lowest BCUT2D eigenvalue weighted by molar-refractivity contribution is -0.385. The van der Waals surface area contributed by atoms with Gasteiger partial charge in [-0.3, -0.25) is 14.9 Å². The Balaban J connectivity index is 2.27. The molecule has 7 nitrogen and oxygen atoms in total. The second-order valence-corrected chi connectivity index (χ2v) is 5.60. The van der Waals surface area contributed by atoms with Gasteiger partial charge in [0.25, 0.3) is 11.6 Å². The molecule has 1 aliphatic rings. The summed E-state index contributed by atoms with van der Waals surface area (Å²) >= 11 is 0. The summed E-state index contributed by atoms with van der Waals surface area (Å²) in [5.74, 6) is -0.680. The first kappa shape index (κ1) is 15.2. The molecular formula is C14H18N2O5. The molecule has 1 heterocycles. The van der Waals surface area contributed by atoms with Crippen molar-refractivity contribution in [2.45, 2.75) is 31.8 Å². The Morgan fingerprint density at radius 2 is 2.10 bits per heavy atom. The molecule has 2 rings (SSSR count). The van der Waals surface area contributed by atoms with Crippen molar-refractivity contribution in [3.63, 3.8) is 0 Å². The third kappa shape index (κ3) is 3.49. The van der Waals surface area contributed by atoms with Crippen LogP contribution in [0.3, 0.4) is 0 Å². The van der Waals surface area contributed by atoms with Crippen molar-refractivity contribution in [1.82, 2.24) is 4.90 Å². The number of carbonyl (C=O) groups excluding carboxylic acids is 1. The number of rotatable bonds is 2. The summed E-state index contributed by atoms with van der Waals surface area (Å²) in [5.41, 5.74) is -1.27. The molecule has 1 unspecified atom stereocenters. The molecule has 0 aliphatic carbocycles. The zero-order valence-corrected chi connectivity index (χ0v) is 11.8. The maximum atomic E-state index is 12.5. The minimum atomic E-state index is -0.820. The van der Waals surface area contributed by atoms with Crippen molar-refractivity contribution in [1.29, 1.82) is 0 Å². The Kier molecular flexibility index (Phi) is 4.13. The van der Waals surface area contributed by atoms with Crippen molar-refractivity contribution in [2.75, 3.05) is 13.1 Å². The molecule has 1 aliphatic heterocycles. The molecule has 1 aromatic carbocycles. The number of benzene rings is 1. The molecule has 0 bridgehead atoms. The molecule has 0 spiro atoms. The van der Waals surface area contributed by atoms with Gasteiger partial charge >= 0.3 is 0 Å². The Labute approximate surface area is 122 Å². The van der Waals surface area contributed by atoms with Gasteiger partial charge in [-0.15, -0.1) is 0 Å². The van der Waals surface area contributed by atoms with E-state index in [-0.39, 0.29) is 17.0 Å². The van der Waals surface area contributed by atoms with Crippen LogP contribution in [0.2, 0.25) is 0 Å². The topological polar surface area (TPSA) is 104 Å². The first-order chi connectivity index (χ1) is 9.80. The van der Waals surface area contributed by atoms with E-state index in [0.29, 0.717) is 32.4 Å². The zero-order chi connectivity index (χ0) is 15.6. The van der Waals surface area contributed by atoms with E-state index in [1.165, 1.54) is 11.0 Å². The van der Waals surface area contributed by atoms with Gasteiger partial charge in [0.2, 0.25) is 0 Å². The fourth-order valence-electron chi connectivity index (χ4n) is 2.49. The third-order valence-corrected chi connectivity index (χ3v) is 3.76. The Hall–Kier alpha value is -2.15. The summed E-state index contributed by atoms with van der Waals surface area (Å²) in [7, 11) is 0. The van der Waals surface area contributed by atoms with Crippen LogP contribution < -0.4 is 0 Å². The van der Waals surface area contributed by atoms with Gasteiger partial charge in [-0.2, -0.15) is 0 Å². The molecule has 1 fully saturated rings. The number of phenolic OH excluding ortho intramolecular Hbond substituents is 1. The quantitative estimate of drug-likeness (QED) is 0.638. The van der Waals surface area contributed by atoms with Gasteiger partial charge in [0.05, 0.1) is 10.5 Å². The molecule has 114 valence electrons. The monoisotopic (exact) mass is 294 g/mol. The number of nitro groups is 1. The molecule has 0 aromatic heterocycles. The summed E-state index contributed by atoms with van der Waals surface area (Å²) in [6.45, 7) is 2.48. The average Bonchev–Trinajstić information content (AvgIpc) is 2.58. The van der Waals surface area contributed by atoms with Crippen molar-refractivity contribution in [3.05, 3.63) is 33.9 Å². The maximum absolute atomic E-state index is 12.5. The lowest BCUT2D eigenvalue weighted by Gasteiger charge is -2.22. The number of phenols is 1. The van der Waals surface area contributed by atoms with Gasteiger partial charge in [-0.25, -0.2) is 0 Å². The van der Waals surface area contributed by atoms with Gasteiger partial charge in [-0.1, -0.05) is 0 Å². The highest BCUT2D eigenvalue weighted by molar-refractivity contribution is 5.98. The Morgan fingerprint density at radius 1 is 1.38 bits per heavy atom. The lowest BCUT2D eigenvalue weighted by Crippen LogP contribution is -2.33.